The van der Waals surface area contributed by atoms with E-state index in [9.17, 15) is 4.79 Å². The van der Waals surface area contributed by atoms with Crippen molar-refractivity contribution in [3.05, 3.63) is 99.6 Å². The summed E-state index contributed by atoms with van der Waals surface area (Å²) in [5.41, 5.74) is 5.42. The molecule has 32 heavy (non-hydrogen) atoms. The zero-order valence-electron chi connectivity index (χ0n) is 18.7. The summed E-state index contributed by atoms with van der Waals surface area (Å²) in [6.45, 7) is 8.80. The first-order valence-corrected chi connectivity index (χ1v) is 11.4. The van der Waals surface area contributed by atoms with Gasteiger partial charge < -0.3 is 9.64 Å². The minimum absolute atomic E-state index is 0.0985. The maximum Gasteiger partial charge on any atom is 0.253 e. The van der Waals surface area contributed by atoms with Gasteiger partial charge in [0.25, 0.3) is 5.91 Å². The number of amides is 1. The molecule has 0 aliphatic carbocycles. The van der Waals surface area contributed by atoms with Gasteiger partial charge in [-0.05, 0) is 66.4 Å². The monoisotopic (exact) mass is 448 g/mol. The molecular formula is C27H29ClN2O2. The molecule has 1 heterocycles. The minimum atomic E-state index is 0.0985. The summed E-state index contributed by atoms with van der Waals surface area (Å²) in [5.74, 6) is 0.886. The van der Waals surface area contributed by atoms with E-state index in [1.807, 2.05) is 54.3 Å². The predicted octanol–water partition coefficient (Wildman–Crippen LogP) is 5.49. The van der Waals surface area contributed by atoms with Crippen molar-refractivity contribution in [2.45, 2.75) is 27.0 Å². The number of halogens is 1. The molecule has 0 bridgehead atoms. The Balaban J connectivity index is 1.28. The second-order valence-corrected chi connectivity index (χ2v) is 8.80. The molecule has 0 spiro atoms. The average Bonchev–Trinajstić information content (AvgIpc) is 2.82. The maximum atomic E-state index is 12.9. The van der Waals surface area contributed by atoms with Crippen molar-refractivity contribution in [1.29, 1.82) is 0 Å². The van der Waals surface area contributed by atoms with Crippen LogP contribution < -0.4 is 4.74 Å². The second kappa shape index (κ2) is 10.2. The highest BCUT2D eigenvalue weighted by Crippen LogP contribution is 2.22. The number of rotatable bonds is 6. The maximum absolute atomic E-state index is 12.9. The van der Waals surface area contributed by atoms with Crippen LogP contribution >= 0.6 is 11.6 Å². The quantitative estimate of drug-likeness (QED) is 0.499. The first-order valence-electron chi connectivity index (χ1n) is 11.0. The summed E-state index contributed by atoms with van der Waals surface area (Å²) in [7, 11) is 0. The van der Waals surface area contributed by atoms with Gasteiger partial charge in [0.05, 0.1) is 0 Å². The molecule has 0 radical (unpaired) electrons. The highest BCUT2D eigenvalue weighted by molar-refractivity contribution is 6.31. The van der Waals surface area contributed by atoms with Crippen LogP contribution in [0.25, 0.3) is 0 Å². The van der Waals surface area contributed by atoms with Crippen molar-refractivity contribution in [3.63, 3.8) is 0 Å². The van der Waals surface area contributed by atoms with Gasteiger partial charge in [0, 0.05) is 43.3 Å². The summed E-state index contributed by atoms with van der Waals surface area (Å²) >= 11 is 6.07. The lowest BCUT2D eigenvalue weighted by Crippen LogP contribution is -2.48. The number of nitrogens with zero attached hydrogens (tertiary/aromatic N) is 2. The topological polar surface area (TPSA) is 32.8 Å². The number of benzene rings is 3. The summed E-state index contributed by atoms with van der Waals surface area (Å²) < 4.78 is 5.85. The van der Waals surface area contributed by atoms with E-state index in [1.165, 1.54) is 11.1 Å². The minimum Gasteiger partial charge on any atom is -0.489 e. The number of hydrogen-bond acceptors (Lipinski definition) is 3. The Morgan fingerprint density at radius 2 is 1.62 bits per heavy atom. The molecular weight excluding hydrogens is 420 g/mol. The van der Waals surface area contributed by atoms with Crippen LogP contribution in [0.5, 0.6) is 5.75 Å². The van der Waals surface area contributed by atoms with Crippen LogP contribution in [0, 0.1) is 13.8 Å². The van der Waals surface area contributed by atoms with Crippen LogP contribution in [-0.2, 0) is 13.2 Å². The third kappa shape index (κ3) is 5.50. The molecule has 1 saturated heterocycles. The van der Waals surface area contributed by atoms with Crippen LogP contribution in [-0.4, -0.2) is 41.9 Å². The van der Waals surface area contributed by atoms with E-state index in [0.29, 0.717) is 6.61 Å². The number of ether oxygens (including phenoxy) is 1. The van der Waals surface area contributed by atoms with E-state index >= 15 is 0 Å². The number of carbonyl (C=O) groups is 1. The Morgan fingerprint density at radius 1 is 0.906 bits per heavy atom. The van der Waals surface area contributed by atoms with Crippen molar-refractivity contribution >= 4 is 17.5 Å². The average molecular weight is 449 g/mol. The fraction of sp³-hybridized carbons (Fsp3) is 0.296. The Hall–Kier alpha value is -2.82. The molecule has 0 N–H and O–H groups in total. The van der Waals surface area contributed by atoms with Gasteiger partial charge >= 0.3 is 0 Å². The molecule has 3 aromatic carbocycles. The molecule has 4 nitrogen and oxygen atoms in total. The summed E-state index contributed by atoms with van der Waals surface area (Å²) in [6, 6.07) is 21.9. The zero-order chi connectivity index (χ0) is 22.5. The highest BCUT2D eigenvalue weighted by Gasteiger charge is 2.22. The van der Waals surface area contributed by atoms with E-state index < -0.39 is 0 Å². The van der Waals surface area contributed by atoms with Crippen molar-refractivity contribution in [3.8, 4) is 5.75 Å². The van der Waals surface area contributed by atoms with E-state index in [1.54, 1.807) is 0 Å². The van der Waals surface area contributed by atoms with Crippen LogP contribution in [0.4, 0.5) is 0 Å². The Kier molecular flexibility index (Phi) is 7.13. The zero-order valence-corrected chi connectivity index (χ0v) is 19.4. The van der Waals surface area contributed by atoms with E-state index in [0.717, 1.165) is 60.2 Å². The van der Waals surface area contributed by atoms with E-state index in [-0.39, 0.29) is 5.91 Å². The van der Waals surface area contributed by atoms with Gasteiger partial charge in [-0.2, -0.15) is 0 Å². The predicted molar refractivity (Wildman–Crippen MR) is 129 cm³/mol. The fourth-order valence-electron chi connectivity index (χ4n) is 3.94. The van der Waals surface area contributed by atoms with Crippen LogP contribution in [0.15, 0.2) is 66.7 Å². The van der Waals surface area contributed by atoms with Crippen LogP contribution in [0.3, 0.4) is 0 Å². The number of piperazine rings is 1. The smallest absolute Gasteiger partial charge is 0.253 e. The van der Waals surface area contributed by atoms with Gasteiger partial charge in [0.2, 0.25) is 0 Å². The molecule has 5 heteroatoms. The molecule has 3 aromatic rings. The summed E-state index contributed by atoms with van der Waals surface area (Å²) in [4.78, 5) is 17.3. The Labute approximate surface area is 195 Å². The highest BCUT2D eigenvalue weighted by atomic mass is 35.5. The summed E-state index contributed by atoms with van der Waals surface area (Å²) in [6.07, 6.45) is 0. The van der Waals surface area contributed by atoms with Gasteiger partial charge in [-0.3, -0.25) is 9.69 Å². The lowest BCUT2D eigenvalue weighted by molar-refractivity contribution is 0.0628. The standard InChI is InChI=1S/C27H29ClN2O2/c1-20-5-3-4-6-24(20)18-29-13-15-30(16-14-29)27(31)23-9-7-22(8-10-23)19-32-25-11-12-26(28)21(2)17-25/h3-12,17H,13-16,18-19H2,1-2H3. The normalized spacial score (nSPS) is 14.4. The molecule has 1 amide bonds. The SMILES string of the molecule is Cc1cc(OCc2ccc(C(=O)N3CCN(Cc4ccccc4C)CC3)cc2)ccc1Cl. The molecule has 166 valence electrons. The lowest BCUT2D eigenvalue weighted by Gasteiger charge is -2.35. The molecule has 0 unspecified atom stereocenters. The molecule has 1 aliphatic heterocycles. The van der Waals surface area contributed by atoms with Crippen molar-refractivity contribution < 1.29 is 9.53 Å². The van der Waals surface area contributed by atoms with Gasteiger partial charge in [0.15, 0.2) is 0 Å². The Bertz CT molecular complexity index is 1070. The molecule has 1 aliphatic rings. The van der Waals surface area contributed by atoms with Crippen molar-refractivity contribution in [2.24, 2.45) is 0 Å². The lowest BCUT2D eigenvalue weighted by atomic mass is 10.1. The molecule has 1 fully saturated rings. The number of aryl methyl sites for hydroxylation is 2. The molecule has 4 rings (SSSR count). The summed E-state index contributed by atoms with van der Waals surface area (Å²) in [5, 5.41) is 0.733. The van der Waals surface area contributed by atoms with Gasteiger partial charge in [-0.25, -0.2) is 0 Å². The van der Waals surface area contributed by atoms with Gasteiger partial charge in [0.1, 0.15) is 12.4 Å². The van der Waals surface area contributed by atoms with Crippen molar-refractivity contribution in [1.82, 2.24) is 9.80 Å². The largest absolute Gasteiger partial charge is 0.489 e. The molecule has 0 saturated carbocycles. The second-order valence-electron chi connectivity index (χ2n) is 8.39. The Morgan fingerprint density at radius 3 is 2.31 bits per heavy atom. The number of hydrogen-bond donors (Lipinski definition) is 0. The first-order chi connectivity index (χ1) is 15.5. The van der Waals surface area contributed by atoms with E-state index in [2.05, 4.69) is 36.1 Å². The molecule has 0 aromatic heterocycles. The van der Waals surface area contributed by atoms with Gasteiger partial charge in [-0.15, -0.1) is 0 Å². The first kappa shape index (κ1) is 22.4. The third-order valence-electron chi connectivity index (χ3n) is 6.05. The molecule has 0 atom stereocenters. The van der Waals surface area contributed by atoms with Crippen LogP contribution in [0.1, 0.15) is 32.6 Å². The van der Waals surface area contributed by atoms with E-state index in [4.69, 9.17) is 16.3 Å². The van der Waals surface area contributed by atoms with Crippen LogP contribution in [0.2, 0.25) is 5.02 Å². The van der Waals surface area contributed by atoms with Gasteiger partial charge in [-0.1, -0.05) is 48.0 Å². The fourth-order valence-corrected chi connectivity index (χ4v) is 4.05. The van der Waals surface area contributed by atoms with Crippen molar-refractivity contribution in [2.75, 3.05) is 26.2 Å². The third-order valence-corrected chi connectivity index (χ3v) is 6.47. The number of carbonyl (C=O) groups excluding carboxylic acids is 1.